The van der Waals surface area contributed by atoms with Crippen LogP contribution >= 0.6 is 15.9 Å². The molecule has 7 heteroatoms. The minimum absolute atomic E-state index is 0.242. The van der Waals surface area contributed by atoms with E-state index in [9.17, 15) is 17.2 Å². The highest BCUT2D eigenvalue weighted by Crippen LogP contribution is 2.15. The first-order valence-corrected chi connectivity index (χ1v) is 8.08. The summed E-state index contributed by atoms with van der Waals surface area (Å²) in [6.07, 6.45) is 2.50. The molecule has 0 saturated carbocycles. The maximum atomic E-state index is 13.3. The van der Waals surface area contributed by atoms with Crippen LogP contribution in [0.4, 0.5) is 8.78 Å². The molecule has 0 aliphatic heterocycles. The van der Waals surface area contributed by atoms with Gasteiger partial charge < -0.3 is 0 Å². The lowest BCUT2D eigenvalue weighted by atomic mass is 10.3. The fourth-order valence-electron chi connectivity index (χ4n) is 1.37. The van der Waals surface area contributed by atoms with E-state index in [2.05, 4.69) is 20.7 Å². The van der Waals surface area contributed by atoms with Crippen molar-refractivity contribution in [3.63, 3.8) is 0 Å². The molecule has 1 aromatic rings. The Bertz CT molecular complexity index is 494. The number of benzene rings is 1. The number of unbranched alkanes of at least 4 members (excludes halogenated alkanes) is 2. The van der Waals surface area contributed by atoms with E-state index in [-0.39, 0.29) is 6.54 Å². The average Bonchev–Trinajstić information content (AvgIpc) is 2.28. The first-order valence-electron chi connectivity index (χ1n) is 5.48. The highest BCUT2D eigenvalue weighted by atomic mass is 79.9. The molecule has 0 saturated heterocycles. The van der Waals surface area contributed by atoms with Gasteiger partial charge in [0.1, 0.15) is 16.5 Å². The Kier molecular flexibility index (Phi) is 6.17. The van der Waals surface area contributed by atoms with Crippen molar-refractivity contribution in [3.05, 3.63) is 29.8 Å². The van der Waals surface area contributed by atoms with Crippen LogP contribution in [0.1, 0.15) is 19.3 Å². The summed E-state index contributed by atoms with van der Waals surface area (Å²) in [5.41, 5.74) is 0. The summed E-state index contributed by atoms with van der Waals surface area (Å²) in [6.45, 7) is 0.242. The minimum Gasteiger partial charge on any atom is -0.211 e. The Morgan fingerprint density at radius 3 is 2.50 bits per heavy atom. The van der Waals surface area contributed by atoms with E-state index in [4.69, 9.17) is 0 Å². The molecular formula is C11H14BrF2NO2S. The van der Waals surface area contributed by atoms with Gasteiger partial charge in [0.25, 0.3) is 0 Å². The predicted octanol–water partition coefficient (Wildman–Crippen LogP) is 2.81. The number of rotatable bonds is 7. The van der Waals surface area contributed by atoms with Crippen molar-refractivity contribution in [3.8, 4) is 0 Å². The second kappa shape index (κ2) is 7.16. The van der Waals surface area contributed by atoms with Gasteiger partial charge in [0.2, 0.25) is 10.0 Å². The highest BCUT2D eigenvalue weighted by molar-refractivity contribution is 9.09. The Morgan fingerprint density at radius 2 is 1.89 bits per heavy atom. The molecule has 1 aromatic carbocycles. The van der Waals surface area contributed by atoms with Crippen LogP contribution in [0.3, 0.4) is 0 Å². The lowest BCUT2D eigenvalue weighted by Crippen LogP contribution is -2.25. The van der Waals surface area contributed by atoms with E-state index < -0.39 is 26.6 Å². The van der Waals surface area contributed by atoms with Gasteiger partial charge in [0.05, 0.1) is 0 Å². The largest absolute Gasteiger partial charge is 0.243 e. The molecule has 3 nitrogen and oxygen atoms in total. The Morgan fingerprint density at radius 1 is 1.17 bits per heavy atom. The molecule has 0 fully saturated rings. The summed E-state index contributed by atoms with van der Waals surface area (Å²) in [6, 6.07) is 2.40. The van der Waals surface area contributed by atoms with Gasteiger partial charge in [-0.1, -0.05) is 22.4 Å². The summed E-state index contributed by atoms with van der Waals surface area (Å²) >= 11 is 3.27. The molecule has 0 radical (unpaired) electrons. The van der Waals surface area contributed by atoms with Crippen LogP contribution < -0.4 is 4.72 Å². The fraction of sp³-hybridized carbons (Fsp3) is 0.455. The third-order valence-electron chi connectivity index (χ3n) is 2.29. The van der Waals surface area contributed by atoms with Crippen LogP contribution in [0.2, 0.25) is 0 Å². The lowest BCUT2D eigenvalue weighted by molar-refractivity contribution is 0.541. The summed E-state index contributed by atoms with van der Waals surface area (Å²) in [4.78, 5) is -0.524. The predicted molar refractivity (Wildman–Crippen MR) is 69.2 cm³/mol. The molecule has 0 spiro atoms. The summed E-state index contributed by atoms with van der Waals surface area (Å²) in [5.74, 6) is -1.88. The van der Waals surface area contributed by atoms with Gasteiger partial charge >= 0.3 is 0 Å². The molecule has 0 aliphatic rings. The van der Waals surface area contributed by atoms with Gasteiger partial charge in [-0.3, -0.25) is 0 Å². The highest BCUT2D eigenvalue weighted by Gasteiger charge is 2.18. The monoisotopic (exact) mass is 341 g/mol. The van der Waals surface area contributed by atoms with Crippen molar-refractivity contribution in [2.45, 2.75) is 24.2 Å². The second-order valence-corrected chi connectivity index (χ2v) is 6.25. The number of hydrogen-bond donors (Lipinski definition) is 1. The molecule has 0 amide bonds. The molecular weight excluding hydrogens is 328 g/mol. The Balaban J connectivity index is 2.63. The van der Waals surface area contributed by atoms with E-state index in [1.54, 1.807) is 0 Å². The van der Waals surface area contributed by atoms with Crippen molar-refractivity contribution in [2.75, 3.05) is 11.9 Å². The number of sulfonamides is 1. The van der Waals surface area contributed by atoms with Crippen molar-refractivity contribution >= 4 is 26.0 Å². The van der Waals surface area contributed by atoms with E-state index in [1.165, 1.54) is 0 Å². The second-order valence-electron chi connectivity index (χ2n) is 3.72. The van der Waals surface area contributed by atoms with Crippen LogP contribution in [0, 0.1) is 11.6 Å². The van der Waals surface area contributed by atoms with Crippen molar-refractivity contribution < 1.29 is 17.2 Å². The third kappa shape index (κ3) is 4.62. The zero-order chi connectivity index (χ0) is 13.6. The van der Waals surface area contributed by atoms with Crippen molar-refractivity contribution in [1.29, 1.82) is 0 Å². The van der Waals surface area contributed by atoms with Crippen LogP contribution in [-0.4, -0.2) is 20.3 Å². The Hall–Kier alpha value is -0.530. The zero-order valence-corrected chi connectivity index (χ0v) is 12.0. The first kappa shape index (κ1) is 15.5. The number of nitrogens with one attached hydrogen (secondary N) is 1. The summed E-state index contributed by atoms with van der Waals surface area (Å²) in [7, 11) is -3.90. The lowest BCUT2D eigenvalue weighted by Gasteiger charge is -2.07. The van der Waals surface area contributed by atoms with Crippen molar-refractivity contribution in [2.24, 2.45) is 0 Å². The van der Waals surface area contributed by atoms with E-state index in [1.807, 2.05) is 0 Å². The standard InChI is InChI=1S/C11H14BrF2NO2S/c12-6-2-1-3-7-15-18(16,17)11-5-4-9(13)8-10(11)14/h4-5,8,15H,1-3,6-7H2. The zero-order valence-electron chi connectivity index (χ0n) is 9.63. The molecule has 0 unspecified atom stereocenters. The smallest absolute Gasteiger partial charge is 0.211 e. The molecule has 0 bridgehead atoms. The van der Waals surface area contributed by atoms with E-state index in [0.717, 1.165) is 30.3 Å². The molecule has 1 N–H and O–H groups in total. The van der Waals surface area contributed by atoms with Crippen LogP contribution in [0.15, 0.2) is 23.1 Å². The van der Waals surface area contributed by atoms with Gasteiger partial charge in [-0.05, 0) is 25.0 Å². The summed E-state index contributed by atoms with van der Waals surface area (Å²) in [5, 5.41) is 0.867. The number of halogens is 3. The molecule has 102 valence electrons. The topological polar surface area (TPSA) is 46.2 Å². The summed E-state index contributed by atoms with van der Waals surface area (Å²) < 4.78 is 51.7. The van der Waals surface area contributed by atoms with E-state index >= 15 is 0 Å². The molecule has 1 rings (SSSR count). The van der Waals surface area contributed by atoms with Crippen molar-refractivity contribution in [1.82, 2.24) is 4.72 Å². The SMILES string of the molecule is O=S(=O)(NCCCCCBr)c1ccc(F)cc1F. The fourth-order valence-corrected chi connectivity index (χ4v) is 2.90. The van der Waals surface area contributed by atoms with Gasteiger partial charge in [-0.2, -0.15) is 0 Å². The third-order valence-corrected chi connectivity index (χ3v) is 4.34. The van der Waals surface area contributed by atoms with Gasteiger partial charge in [-0.15, -0.1) is 0 Å². The molecule has 0 aliphatic carbocycles. The Labute approximate surface area is 114 Å². The molecule has 0 aromatic heterocycles. The minimum atomic E-state index is -3.90. The van der Waals surface area contributed by atoms with Gasteiger partial charge in [-0.25, -0.2) is 21.9 Å². The van der Waals surface area contributed by atoms with Crippen LogP contribution in [-0.2, 0) is 10.0 Å². The first-order chi connectivity index (χ1) is 8.47. The van der Waals surface area contributed by atoms with Crippen LogP contribution in [0.5, 0.6) is 0 Å². The molecule has 0 atom stereocenters. The normalized spacial score (nSPS) is 11.7. The number of hydrogen-bond acceptors (Lipinski definition) is 2. The average molecular weight is 342 g/mol. The van der Waals surface area contributed by atoms with Gasteiger partial charge in [0, 0.05) is 17.9 Å². The van der Waals surface area contributed by atoms with Gasteiger partial charge in [0.15, 0.2) is 0 Å². The van der Waals surface area contributed by atoms with E-state index in [0.29, 0.717) is 12.5 Å². The number of alkyl halides is 1. The van der Waals surface area contributed by atoms with Crippen LogP contribution in [0.25, 0.3) is 0 Å². The quantitative estimate of drug-likeness (QED) is 0.612. The maximum absolute atomic E-state index is 13.3. The molecule has 18 heavy (non-hydrogen) atoms. The maximum Gasteiger partial charge on any atom is 0.243 e. The molecule has 0 heterocycles.